The van der Waals surface area contributed by atoms with Crippen molar-refractivity contribution in [1.82, 2.24) is 34.5 Å². The van der Waals surface area contributed by atoms with E-state index in [1.165, 1.54) is 0 Å². The quantitative estimate of drug-likeness (QED) is 0.166. The van der Waals surface area contributed by atoms with Gasteiger partial charge in [-0.2, -0.15) is 0 Å². The summed E-state index contributed by atoms with van der Waals surface area (Å²) in [6.45, 7) is 0. The van der Waals surface area contributed by atoms with Gasteiger partial charge in [-0.1, -0.05) is 54.6 Å². The molecule has 12 rings (SSSR count). The van der Waals surface area contributed by atoms with Crippen LogP contribution in [0.15, 0.2) is 195 Å². The minimum atomic E-state index is 0.788. The maximum Gasteiger partial charge on any atom is 0.138 e. The van der Waals surface area contributed by atoms with Gasteiger partial charge in [-0.05, 0) is 114 Å². The highest BCUT2D eigenvalue weighted by atomic mass is 15.2. The second kappa shape index (κ2) is 13.6. The van der Waals surface area contributed by atoms with Crippen LogP contribution >= 0.6 is 0 Å². The molecule has 0 spiro atoms. The van der Waals surface area contributed by atoms with E-state index in [4.69, 9.17) is 24.9 Å². The summed E-state index contributed by atoms with van der Waals surface area (Å²) in [6.07, 6.45) is 11.1. The van der Waals surface area contributed by atoms with Crippen LogP contribution in [0.3, 0.4) is 0 Å². The molecule has 0 aliphatic carbocycles. The molecule has 0 N–H and O–H groups in total. The summed E-state index contributed by atoms with van der Waals surface area (Å²) in [7, 11) is 0. The highest BCUT2D eigenvalue weighted by Gasteiger charge is 2.30. The van der Waals surface area contributed by atoms with Crippen LogP contribution in [0.1, 0.15) is 0 Å². The van der Waals surface area contributed by atoms with E-state index in [0.29, 0.717) is 0 Å². The van der Waals surface area contributed by atoms with Crippen molar-refractivity contribution in [3.05, 3.63) is 195 Å². The molecule has 1 aliphatic heterocycles. The van der Waals surface area contributed by atoms with Crippen molar-refractivity contribution >= 4 is 49.8 Å². The Morgan fingerprint density at radius 2 is 0.900 bits per heavy atom. The first kappa shape index (κ1) is 33.7. The van der Waals surface area contributed by atoms with E-state index >= 15 is 0 Å². The van der Waals surface area contributed by atoms with Crippen molar-refractivity contribution in [3.63, 3.8) is 0 Å². The lowest BCUT2D eigenvalue weighted by molar-refractivity contribution is 1.08. The Morgan fingerprint density at radius 3 is 1.55 bits per heavy atom. The topological polar surface area (TPSA) is 85.5 Å². The van der Waals surface area contributed by atoms with E-state index in [-0.39, 0.29) is 0 Å². The van der Waals surface area contributed by atoms with Crippen LogP contribution in [-0.4, -0.2) is 34.5 Å². The molecular formula is C52H32N8. The van der Waals surface area contributed by atoms with Crippen molar-refractivity contribution in [3.8, 4) is 62.0 Å². The monoisotopic (exact) mass is 768 g/mol. The molecule has 0 unspecified atom stereocenters. The van der Waals surface area contributed by atoms with Crippen LogP contribution < -0.4 is 4.90 Å². The van der Waals surface area contributed by atoms with E-state index in [9.17, 15) is 0 Å². The summed E-state index contributed by atoms with van der Waals surface area (Å²) in [6, 6.07) is 54.6. The number of anilines is 3. The first-order chi connectivity index (χ1) is 29.8. The van der Waals surface area contributed by atoms with Gasteiger partial charge in [0.2, 0.25) is 0 Å². The summed E-state index contributed by atoms with van der Waals surface area (Å²) in [4.78, 5) is 31.3. The van der Waals surface area contributed by atoms with Crippen molar-refractivity contribution in [1.29, 1.82) is 0 Å². The van der Waals surface area contributed by atoms with Crippen molar-refractivity contribution in [2.24, 2.45) is 0 Å². The van der Waals surface area contributed by atoms with Gasteiger partial charge in [0.15, 0.2) is 0 Å². The van der Waals surface area contributed by atoms with Crippen LogP contribution in [0, 0.1) is 0 Å². The molecular weight excluding hydrogens is 737 g/mol. The van der Waals surface area contributed by atoms with Crippen LogP contribution in [0.5, 0.6) is 0 Å². The average molecular weight is 769 g/mol. The number of nitrogens with zero attached hydrogens (tertiary/aromatic N) is 8. The van der Waals surface area contributed by atoms with Gasteiger partial charge < -0.3 is 0 Å². The molecule has 280 valence electrons. The summed E-state index contributed by atoms with van der Waals surface area (Å²) >= 11 is 0. The van der Waals surface area contributed by atoms with Crippen molar-refractivity contribution in [2.45, 2.75) is 0 Å². The Bertz CT molecular complexity index is 3420. The smallest absolute Gasteiger partial charge is 0.138 e. The van der Waals surface area contributed by atoms with E-state index < -0.39 is 0 Å². The Balaban J connectivity index is 1.18. The molecule has 8 nitrogen and oxygen atoms in total. The van der Waals surface area contributed by atoms with Crippen LogP contribution in [0.4, 0.5) is 17.2 Å². The molecule has 0 saturated heterocycles. The van der Waals surface area contributed by atoms with Gasteiger partial charge in [0.1, 0.15) is 11.6 Å². The van der Waals surface area contributed by atoms with Gasteiger partial charge in [0.25, 0.3) is 0 Å². The Morgan fingerprint density at radius 1 is 0.317 bits per heavy atom. The minimum Gasteiger partial charge on any atom is -0.294 e. The molecule has 8 heteroatoms. The molecule has 0 bridgehead atoms. The fourth-order valence-corrected chi connectivity index (χ4v) is 8.78. The lowest BCUT2D eigenvalue weighted by atomic mass is 9.87. The zero-order chi connectivity index (χ0) is 39.6. The normalized spacial score (nSPS) is 12.0. The summed E-state index contributed by atoms with van der Waals surface area (Å²) < 4.78 is 2.27. The van der Waals surface area contributed by atoms with Crippen molar-refractivity contribution in [2.75, 3.05) is 4.90 Å². The predicted molar refractivity (Wildman–Crippen MR) is 240 cm³/mol. The minimum absolute atomic E-state index is 0.788. The fourth-order valence-electron chi connectivity index (χ4n) is 8.78. The van der Waals surface area contributed by atoms with Gasteiger partial charge >= 0.3 is 0 Å². The lowest BCUT2D eigenvalue weighted by Crippen LogP contribution is -2.16. The van der Waals surface area contributed by atoms with Gasteiger partial charge in [-0.25, -0.2) is 9.97 Å². The molecule has 0 radical (unpaired) electrons. The van der Waals surface area contributed by atoms with Gasteiger partial charge in [-0.3, -0.25) is 29.4 Å². The largest absolute Gasteiger partial charge is 0.294 e. The van der Waals surface area contributed by atoms with Crippen LogP contribution in [-0.2, 0) is 0 Å². The van der Waals surface area contributed by atoms with Gasteiger partial charge in [-0.15, -0.1) is 0 Å². The number of pyridine rings is 6. The molecule has 60 heavy (non-hydrogen) atoms. The van der Waals surface area contributed by atoms with E-state index in [2.05, 4.69) is 99.4 Å². The highest BCUT2D eigenvalue weighted by Crippen LogP contribution is 2.54. The number of benzene rings is 4. The van der Waals surface area contributed by atoms with E-state index in [1.807, 2.05) is 110 Å². The fraction of sp³-hybridized carbons (Fsp3) is 0. The Labute approximate surface area is 344 Å². The molecule has 0 amide bonds. The number of rotatable bonds is 6. The van der Waals surface area contributed by atoms with Gasteiger partial charge in [0.05, 0.1) is 45.2 Å². The summed E-state index contributed by atoms with van der Waals surface area (Å²) in [5.41, 5.74) is 14.0. The van der Waals surface area contributed by atoms with Crippen molar-refractivity contribution < 1.29 is 0 Å². The Hall–Kier alpha value is -8.36. The third kappa shape index (κ3) is 5.39. The number of hydrogen-bond acceptors (Lipinski definition) is 7. The molecule has 0 saturated carbocycles. The second-order valence-electron chi connectivity index (χ2n) is 14.8. The van der Waals surface area contributed by atoms with Gasteiger partial charge in [0, 0.05) is 81.2 Å². The van der Waals surface area contributed by atoms with E-state index in [0.717, 1.165) is 112 Å². The predicted octanol–water partition coefficient (Wildman–Crippen LogP) is 12.4. The Kier molecular flexibility index (Phi) is 7.67. The zero-order valence-electron chi connectivity index (χ0n) is 32.1. The first-order valence-corrected chi connectivity index (χ1v) is 19.8. The average Bonchev–Trinajstić information content (AvgIpc) is 3.65. The third-order valence-corrected chi connectivity index (χ3v) is 11.4. The molecule has 8 heterocycles. The third-order valence-electron chi connectivity index (χ3n) is 11.4. The van der Waals surface area contributed by atoms with Crippen LogP contribution in [0.25, 0.3) is 94.6 Å². The molecule has 0 atom stereocenters. The SMILES string of the molecule is c1ccc(-c2ccnc(N3c4cc5c(cc4-c4ccc(-c6ccccn6)c6cccc3c46)c3cc(-c4ccccn4)ccc3n5-c3cc(-c4ccccn4)ccn3)c2)nc1. The van der Waals surface area contributed by atoms with E-state index in [1.54, 1.807) is 0 Å². The first-order valence-electron chi connectivity index (χ1n) is 19.8. The second-order valence-corrected chi connectivity index (χ2v) is 14.8. The number of aromatic nitrogens is 7. The molecule has 11 aromatic rings. The maximum absolute atomic E-state index is 5.07. The molecule has 1 aliphatic rings. The zero-order valence-corrected chi connectivity index (χ0v) is 32.1. The lowest BCUT2D eigenvalue weighted by Gasteiger charge is -2.33. The molecule has 4 aromatic carbocycles. The standard InChI is InChI=1S/C52H32N8/c1-5-22-53-42(11-1)33-16-19-46-39(28-33)41-31-40-38-18-17-36(45-14-4-8-25-56-45)37-10-9-15-47(52(37)38)60(51-30-35(21-27-58-51)44-13-3-7-24-55-44)48(40)32-49(41)59(46)50-29-34(20-26-57-50)43-12-2-6-23-54-43/h1-32H. The highest BCUT2D eigenvalue weighted by molar-refractivity contribution is 6.21. The summed E-state index contributed by atoms with van der Waals surface area (Å²) in [5.74, 6) is 1.58. The molecule has 7 aromatic heterocycles. The summed E-state index contributed by atoms with van der Waals surface area (Å²) in [5, 5.41) is 4.46. The maximum atomic E-state index is 5.07. The number of fused-ring (bicyclic) bond motifs is 5. The molecule has 0 fully saturated rings. The van der Waals surface area contributed by atoms with Crippen LogP contribution in [0.2, 0.25) is 0 Å². The number of hydrogen-bond donors (Lipinski definition) is 0.